The average Bonchev–Trinajstić information content (AvgIpc) is 2.38. The molecule has 1 atom stereocenters. The third-order valence-electron chi connectivity index (χ3n) is 3.20. The van der Waals surface area contributed by atoms with Gasteiger partial charge in [0, 0.05) is 25.0 Å². The molecule has 2 N–H and O–H groups in total. The Bertz CT molecular complexity index is 549. The standard InChI is InChI=1S/C16H21N3/c1-12-7-4-5-9-15(12)19(3)16-14(11-13(2)17)8-6-10-18-16/h4-10,13H,11,17H2,1-3H3. The lowest BCUT2D eigenvalue weighted by Gasteiger charge is -2.23. The number of aromatic nitrogens is 1. The van der Waals surface area contributed by atoms with Crippen LogP contribution in [-0.2, 0) is 6.42 Å². The Morgan fingerprint density at radius 3 is 2.63 bits per heavy atom. The second-order valence-electron chi connectivity index (χ2n) is 5.01. The molecule has 0 bridgehead atoms. The monoisotopic (exact) mass is 255 g/mol. The van der Waals surface area contributed by atoms with Crippen LogP contribution in [0.5, 0.6) is 0 Å². The molecular formula is C16H21N3. The fourth-order valence-corrected chi connectivity index (χ4v) is 2.29. The summed E-state index contributed by atoms with van der Waals surface area (Å²) in [5.41, 5.74) is 9.51. The SMILES string of the molecule is Cc1ccccc1N(C)c1ncccc1CC(C)N. The maximum Gasteiger partial charge on any atom is 0.135 e. The van der Waals surface area contributed by atoms with Crippen molar-refractivity contribution in [1.29, 1.82) is 0 Å². The number of hydrogen-bond donors (Lipinski definition) is 1. The van der Waals surface area contributed by atoms with E-state index < -0.39 is 0 Å². The van der Waals surface area contributed by atoms with Crippen LogP contribution >= 0.6 is 0 Å². The van der Waals surface area contributed by atoms with E-state index in [-0.39, 0.29) is 6.04 Å². The smallest absolute Gasteiger partial charge is 0.135 e. The van der Waals surface area contributed by atoms with Gasteiger partial charge in [-0.25, -0.2) is 4.98 Å². The van der Waals surface area contributed by atoms with Crippen molar-refractivity contribution < 1.29 is 0 Å². The molecule has 2 aromatic rings. The number of rotatable bonds is 4. The van der Waals surface area contributed by atoms with Crippen LogP contribution in [0.2, 0.25) is 0 Å². The Morgan fingerprint density at radius 1 is 1.21 bits per heavy atom. The van der Waals surface area contributed by atoms with Crippen molar-refractivity contribution >= 4 is 11.5 Å². The van der Waals surface area contributed by atoms with E-state index in [2.05, 4.69) is 42.1 Å². The normalized spacial score (nSPS) is 12.2. The predicted octanol–water partition coefficient (Wildman–Crippen LogP) is 3.05. The number of pyridine rings is 1. The molecule has 2 rings (SSSR count). The molecule has 1 aromatic carbocycles. The van der Waals surface area contributed by atoms with Crippen LogP contribution in [-0.4, -0.2) is 18.1 Å². The molecular weight excluding hydrogens is 234 g/mol. The molecule has 0 saturated heterocycles. The first kappa shape index (κ1) is 13.6. The van der Waals surface area contributed by atoms with Crippen molar-refractivity contribution in [2.24, 2.45) is 5.73 Å². The summed E-state index contributed by atoms with van der Waals surface area (Å²) in [4.78, 5) is 6.65. The van der Waals surface area contributed by atoms with Gasteiger partial charge in [-0.2, -0.15) is 0 Å². The molecule has 0 saturated carbocycles. The van der Waals surface area contributed by atoms with Crippen LogP contribution in [0.1, 0.15) is 18.1 Å². The lowest BCUT2D eigenvalue weighted by atomic mass is 10.1. The molecule has 1 unspecified atom stereocenters. The molecule has 0 spiro atoms. The minimum atomic E-state index is 0.133. The molecule has 0 amide bonds. The van der Waals surface area contributed by atoms with Crippen molar-refractivity contribution in [1.82, 2.24) is 4.98 Å². The zero-order valence-electron chi connectivity index (χ0n) is 11.8. The van der Waals surface area contributed by atoms with Gasteiger partial charge in [0.1, 0.15) is 5.82 Å². The second kappa shape index (κ2) is 5.85. The third-order valence-corrected chi connectivity index (χ3v) is 3.20. The second-order valence-corrected chi connectivity index (χ2v) is 5.01. The van der Waals surface area contributed by atoms with E-state index in [1.165, 1.54) is 16.8 Å². The average molecular weight is 255 g/mol. The molecule has 19 heavy (non-hydrogen) atoms. The van der Waals surface area contributed by atoms with E-state index in [0.717, 1.165) is 12.2 Å². The van der Waals surface area contributed by atoms with E-state index >= 15 is 0 Å². The van der Waals surface area contributed by atoms with Gasteiger partial charge in [-0.1, -0.05) is 24.3 Å². The Labute approximate surface area is 115 Å². The van der Waals surface area contributed by atoms with Gasteiger partial charge in [0.15, 0.2) is 0 Å². The number of para-hydroxylation sites is 1. The van der Waals surface area contributed by atoms with Crippen LogP contribution in [0, 0.1) is 6.92 Å². The summed E-state index contributed by atoms with van der Waals surface area (Å²) >= 11 is 0. The van der Waals surface area contributed by atoms with E-state index in [9.17, 15) is 0 Å². The van der Waals surface area contributed by atoms with E-state index in [1.54, 1.807) is 0 Å². The quantitative estimate of drug-likeness (QED) is 0.913. The largest absolute Gasteiger partial charge is 0.329 e. The predicted molar refractivity (Wildman–Crippen MR) is 80.8 cm³/mol. The molecule has 0 aliphatic rings. The minimum absolute atomic E-state index is 0.133. The third kappa shape index (κ3) is 3.12. The van der Waals surface area contributed by atoms with Crippen LogP contribution < -0.4 is 10.6 Å². The molecule has 3 nitrogen and oxygen atoms in total. The summed E-state index contributed by atoms with van der Waals surface area (Å²) in [5.74, 6) is 0.981. The molecule has 0 radical (unpaired) electrons. The van der Waals surface area contributed by atoms with Gasteiger partial charge in [-0.3, -0.25) is 0 Å². The Kier molecular flexibility index (Phi) is 4.17. The Hall–Kier alpha value is -1.87. The summed E-state index contributed by atoms with van der Waals surface area (Å²) in [7, 11) is 2.05. The minimum Gasteiger partial charge on any atom is -0.329 e. The lowest BCUT2D eigenvalue weighted by molar-refractivity contribution is 0.735. The zero-order chi connectivity index (χ0) is 13.8. The van der Waals surface area contributed by atoms with Gasteiger partial charge >= 0.3 is 0 Å². The van der Waals surface area contributed by atoms with Crippen molar-refractivity contribution in [3.05, 3.63) is 53.7 Å². The molecule has 0 aliphatic heterocycles. The van der Waals surface area contributed by atoms with Crippen molar-refractivity contribution in [3.63, 3.8) is 0 Å². The maximum absolute atomic E-state index is 5.92. The first-order valence-corrected chi connectivity index (χ1v) is 6.58. The Morgan fingerprint density at radius 2 is 1.95 bits per heavy atom. The number of nitrogens with two attached hydrogens (primary N) is 1. The molecule has 0 fully saturated rings. The number of benzene rings is 1. The summed E-state index contributed by atoms with van der Waals surface area (Å²) in [6, 6.07) is 12.5. The number of aryl methyl sites for hydroxylation is 1. The molecule has 3 heteroatoms. The fraction of sp³-hybridized carbons (Fsp3) is 0.312. The van der Waals surface area contributed by atoms with Gasteiger partial charge in [0.2, 0.25) is 0 Å². The highest BCUT2D eigenvalue weighted by atomic mass is 15.2. The lowest BCUT2D eigenvalue weighted by Crippen LogP contribution is -2.21. The summed E-state index contributed by atoms with van der Waals surface area (Å²) in [6.45, 7) is 4.13. The van der Waals surface area contributed by atoms with Gasteiger partial charge in [-0.05, 0) is 43.5 Å². The molecule has 100 valence electrons. The highest BCUT2D eigenvalue weighted by Crippen LogP contribution is 2.27. The van der Waals surface area contributed by atoms with Crippen LogP contribution in [0.25, 0.3) is 0 Å². The molecule has 1 aromatic heterocycles. The zero-order valence-corrected chi connectivity index (χ0v) is 11.8. The van der Waals surface area contributed by atoms with Crippen molar-refractivity contribution in [2.45, 2.75) is 26.3 Å². The topological polar surface area (TPSA) is 42.2 Å². The first-order valence-electron chi connectivity index (χ1n) is 6.58. The van der Waals surface area contributed by atoms with E-state index in [0.29, 0.717) is 0 Å². The number of anilines is 2. The number of hydrogen-bond acceptors (Lipinski definition) is 3. The van der Waals surface area contributed by atoms with Crippen LogP contribution in [0.15, 0.2) is 42.6 Å². The van der Waals surface area contributed by atoms with Crippen LogP contribution in [0.4, 0.5) is 11.5 Å². The van der Waals surface area contributed by atoms with Crippen molar-refractivity contribution in [3.8, 4) is 0 Å². The molecule has 0 aliphatic carbocycles. The fourth-order valence-electron chi connectivity index (χ4n) is 2.29. The van der Waals surface area contributed by atoms with Gasteiger partial charge < -0.3 is 10.6 Å². The van der Waals surface area contributed by atoms with Gasteiger partial charge in [-0.15, -0.1) is 0 Å². The van der Waals surface area contributed by atoms with Gasteiger partial charge in [0.05, 0.1) is 0 Å². The maximum atomic E-state index is 5.92. The van der Waals surface area contributed by atoms with E-state index in [1.807, 2.05) is 31.3 Å². The number of nitrogens with zero attached hydrogens (tertiary/aromatic N) is 2. The highest BCUT2D eigenvalue weighted by molar-refractivity contribution is 5.65. The Balaban J connectivity index is 2.39. The summed E-state index contributed by atoms with van der Waals surface area (Å²) < 4.78 is 0. The van der Waals surface area contributed by atoms with Crippen molar-refractivity contribution in [2.75, 3.05) is 11.9 Å². The van der Waals surface area contributed by atoms with E-state index in [4.69, 9.17) is 5.73 Å². The summed E-state index contributed by atoms with van der Waals surface area (Å²) in [6.07, 6.45) is 2.66. The summed E-state index contributed by atoms with van der Waals surface area (Å²) in [5, 5.41) is 0. The molecule has 1 heterocycles. The highest BCUT2D eigenvalue weighted by Gasteiger charge is 2.12. The van der Waals surface area contributed by atoms with Gasteiger partial charge in [0.25, 0.3) is 0 Å². The van der Waals surface area contributed by atoms with Crippen LogP contribution in [0.3, 0.4) is 0 Å². The first-order chi connectivity index (χ1) is 9.09.